The summed E-state index contributed by atoms with van der Waals surface area (Å²) in [5, 5.41) is 3.21. The molecular weight excluding hydrogens is 420 g/mol. The van der Waals surface area contributed by atoms with Gasteiger partial charge in [0.2, 0.25) is 5.91 Å². The molecule has 1 aliphatic heterocycles. The van der Waals surface area contributed by atoms with Gasteiger partial charge in [-0.05, 0) is 37.6 Å². The number of sulfonamides is 1. The zero-order chi connectivity index (χ0) is 21.5. The first-order valence-electron chi connectivity index (χ1n) is 9.22. The van der Waals surface area contributed by atoms with E-state index in [9.17, 15) is 13.2 Å². The highest BCUT2D eigenvalue weighted by molar-refractivity contribution is 7.99. The van der Waals surface area contributed by atoms with E-state index >= 15 is 0 Å². The Labute approximate surface area is 179 Å². The highest BCUT2D eigenvalue weighted by Crippen LogP contribution is 2.41. The van der Waals surface area contributed by atoms with Crippen molar-refractivity contribution in [1.82, 2.24) is 9.97 Å². The molecule has 0 fully saturated rings. The molecule has 0 unspecified atom stereocenters. The summed E-state index contributed by atoms with van der Waals surface area (Å²) in [5.74, 6) is -0.0697. The molecule has 30 heavy (non-hydrogen) atoms. The number of aryl methyl sites for hydroxylation is 2. The highest BCUT2D eigenvalue weighted by atomic mass is 32.2. The van der Waals surface area contributed by atoms with Crippen LogP contribution in [-0.2, 0) is 14.8 Å². The Morgan fingerprint density at radius 2 is 1.93 bits per heavy atom. The van der Waals surface area contributed by atoms with E-state index in [0.717, 1.165) is 34.1 Å². The van der Waals surface area contributed by atoms with Gasteiger partial charge >= 0.3 is 0 Å². The van der Waals surface area contributed by atoms with Gasteiger partial charge in [-0.3, -0.25) is 9.10 Å². The Morgan fingerprint density at radius 1 is 1.17 bits per heavy atom. The third-order valence-corrected chi connectivity index (χ3v) is 7.50. The Bertz CT molecular complexity index is 1260. The number of benzene rings is 2. The maximum atomic E-state index is 12.8. The molecule has 0 bridgehead atoms. The van der Waals surface area contributed by atoms with Crippen molar-refractivity contribution in [2.24, 2.45) is 0 Å². The van der Waals surface area contributed by atoms with Crippen molar-refractivity contribution in [3.63, 3.8) is 0 Å². The van der Waals surface area contributed by atoms with Crippen molar-refractivity contribution in [1.29, 1.82) is 0 Å². The van der Waals surface area contributed by atoms with Crippen molar-refractivity contribution in [3.05, 3.63) is 59.8 Å². The molecule has 0 saturated heterocycles. The minimum Gasteiger partial charge on any atom is -0.325 e. The van der Waals surface area contributed by atoms with E-state index in [4.69, 9.17) is 0 Å². The number of hydrogen-bond donors (Lipinski definition) is 1. The number of carbonyl (C=O) groups is 1. The molecule has 9 heteroatoms. The minimum atomic E-state index is -3.72. The SMILES string of the molecule is Cc1ccc2c(c1)-c1nc(SCC(=O)Nc3ccccc3C)ncc1S(=O)(=O)N2C. The van der Waals surface area contributed by atoms with Crippen LogP contribution in [0.4, 0.5) is 11.4 Å². The van der Waals surface area contributed by atoms with Crippen molar-refractivity contribution in [3.8, 4) is 11.3 Å². The van der Waals surface area contributed by atoms with E-state index in [1.165, 1.54) is 17.5 Å². The number of aromatic nitrogens is 2. The van der Waals surface area contributed by atoms with Gasteiger partial charge in [-0.1, -0.05) is 41.6 Å². The molecule has 154 valence electrons. The minimum absolute atomic E-state index is 0.0665. The maximum Gasteiger partial charge on any atom is 0.267 e. The average molecular weight is 441 g/mol. The van der Waals surface area contributed by atoms with E-state index in [-0.39, 0.29) is 16.6 Å². The molecule has 0 saturated carbocycles. The number of amides is 1. The predicted molar refractivity (Wildman–Crippen MR) is 118 cm³/mol. The molecule has 0 spiro atoms. The van der Waals surface area contributed by atoms with Crippen LogP contribution in [-0.4, -0.2) is 37.1 Å². The lowest BCUT2D eigenvalue weighted by atomic mass is 10.1. The number of nitrogens with zero attached hydrogens (tertiary/aromatic N) is 3. The molecule has 1 N–H and O–H groups in total. The smallest absolute Gasteiger partial charge is 0.267 e. The Balaban J connectivity index is 1.60. The zero-order valence-corrected chi connectivity index (χ0v) is 18.3. The van der Waals surface area contributed by atoms with Gasteiger partial charge in [-0.25, -0.2) is 18.4 Å². The number of hydrogen-bond acceptors (Lipinski definition) is 6. The summed E-state index contributed by atoms with van der Waals surface area (Å²) in [6.07, 6.45) is 1.32. The molecule has 3 aromatic rings. The van der Waals surface area contributed by atoms with Crippen molar-refractivity contribution < 1.29 is 13.2 Å². The lowest BCUT2D eigenvalue weighted by Crippen LogP contribution is -2.31. The quantitative estimate of drug-likeness (QED) is 0.492. The molecule has 2 aromatic carbocycles. The van der Waals surface area contributed by atoms with Crippen LogP contribution in [0.5, 0.6) is 0 Å². The average Bonchev–Trinajstić information content (AvgIpc) is 2.72. The van der Waals surface area contributed by atoms with Crippen molar-refractivity contribution in [2.45, 2.75) is 23.9 Å². The van der Waals surface area contributed by atoms with Crippen molar-refractivity contribution >= 4 is 39.1 Å². The van der Waals surface area contributed by atoms with Crippen LogP contribution in [0.15, 0.2) is 58.7 Å². The summed E-state index contributed by atoms with van der Waals surface area (Å²) >= 11 is 1.16. The number of thioether (sulfide) groups is 1. The number of nitrogens with one attached hydrogen (secondary N) is 1. The van der Waals surface area contributed by atoms with E-state index < -0.39 is 10.0 Å². The van der Waals surface area contributed by atoms with Gasteiger partial charge in [0.05, 0.1) is 23.3 Å². The van der Waals surface area contributed by atoms with Gasteiger partial charge < -0.3 is 5.32 Å². The lowest BCUT2D eigenvalue weighted by Gasteiger charge is -2.28. The second-order valence-electron chi connectivity index (χ2n) is 7.01. The Morgan fingerprint density at radius 3 is 2.70 bits per heavy atom. The number of fused-ring (bicyclic) bond motifs is 3. The Kier molecular flexibility index (Phi) is 5.25. The molecule has 1 amide bonds. The van der Waals surface area contributed by atoms with E-state index in [2.05, 4.69) is 15.3 Å². The van der Waals surface area contributed by atoms with Crippen LogP contribution in [0.25, 0.3) is 11.3 Å². The van der Waals surface area contributed by atoms with Crippen LogP contribution < -0.4 is 9.62 Å². The van der Waals surface area contributed by atoms with Gasteiger partial charge in [0.1, 0.15) is 4.90 Å². The number of para-hydroxylation sites is 1. The highest BCUT2D eigenvalue weighted by Gasteiger charge is 2.34. The molecule has 0 atom stereocenters. The summed E-state index contributed by atoms with van der Waals surface area (Å²) < 4.78 is 26.9. The molecule has 1 aromatic heterocycles. The van der Waals surface area contributed by atoms with Gasteiger partial charge in [-0.15, -0.1) is 0 Å². The number of rotatable bonds is 4. The van der Waals surface area contributed by atoms with Gasteiger partial charge in [-0.2, -0.15) is 0 Å². The van der Waals surface area contributed by atoms with Gasteiger partial charge in [0.25, 0.3) is 10.0 Å². The van der Waals surface area contributed by atoms with Crippen LogP contribution in [0.2, 0.25) is 0 Å². The molecule has 1 aliphatic rings. The molecule has 7 nitrogen and oxygen atoms in total. The van der Waals surface area contributed by atoms with Crippen LogP contribution in [0.1, 0.15) is 11.1 Å². The second kappa shape index (κ2) is 7.73. The molecule has 0 radical (unpaired) electrons. The van der Waals surface area contributed by atoms with Gasteiger partial charge in [0.15, 0.2) is 5.16 Å². The normalized spacial score (nSPS) is 14.0. The largest absolute Gasteiger partial charge is 0.325 e. The summed E-state index contributed by atoms with van der Waals surface area (Å²) in [7, 11) is -2.20. The third-order valence-electron chi connectivity index (χ3n) is 4.87. The molecule has 2 heterocycles. The summed E-state index contributed by atoms with van der Waals surface area (Å²) in [5.41, 5.74) is 4.40. The predicted octanol–water partition coefficient (Wildman–Crippen LogP) is 3.63. The standard InChI is InChI=1S/C21H20N4O3S2/c1-13-8-9-17-15(10-13)20-18(30(27,28)25(17)3)11-22-21(24-20)29-12-19(26)23-16-7-5-4-6-14(16)2/h4-11H,12H2,1-3H3,(H,23,26). The number of anilines is 2. The lowest BCUT2D eigenvalue weighted by molar-refractivity contribution is -0.113. The fraction of sp³-hybridized carbons (Fsp3) is 0.190. The monoisotopic (exact) mass is 440 g/mol. The third kappa shape index (κ3) is 3.66. The van der Waals surface area contributed by atoms with Gasteiger partial charge in [0, 0.05) is 18.3 Å². The molecule has 4 rings (SSSR count). The fourth-order valence-corrected chi connectivity index (χ4v) is 5.14. The van der Waals surface area contributed by atoms with E-state index in [1.54, 1.807) is 6.07 Å². The Hall–Kier alpha value is -2.91. The summed E-state index contributed by atoms with van der Waals surface area (Å²) in [4.78, 5) is 21.1. The first kappa shape index (κ1) is 20.4. The van der Waals surface area contributed by atoms with Crippen LogP contribution in [0, 0.1) is 13.8 Å². The van der Waals surface area contributed by atoms with Crippen LogP contribution >= 0.6 is 11.8 Å². The first-order chi connectivity index (χ1) is 14.3. The maximum absolute atomic E-state index is 12.8. The fourth-order valence-electron chi connectivity index (χ4n) is 3.23. The van der Waals surface area contributed by atoms with Crippen LogP contribution in [0.3, 0.4) is 0 Å². The zero-order valence-electron chi connectivity index (χ0n) is 16.7. The molecule has 0 aliphatic carbocycles. The topological polar surface area (TPSA) is 92.3 Å². The second-order valence-corrected chi connectivity index (χ2v) is 9.89. The summed E-state index contributed by atoms with van der Waals surface area (Å²) in [6.45, 7) is 3.86. The van der Waals surface area contributed by atoms with E-state index in [0.29, 0.717) is 16.5 Å². The molecular formula is C21H20N4O3S2. The first-order valence-corrected chi connectivity index (χ1v) is 11.7. The van der Waals surface area contributed by atoms with E-state index in [1.807, 2.05) is 50.2 Å². The number of carbonyl (C=O) groups excluding carboxylic acids is 1. The summed E-state index contributed by atoms with van der Waals surface area (Å²) in [6, 6.07) is 13.1. The van der Waals surface area contributed by atoms with Crippen molar-refractivity contribution in [2.75, 3.05) is 22.4 Å².